The first-order valence-electron chi connectivity index (χ1n) is 14.6. The molecule has 1 N–H and O–H groups in total. The van der Waals surface area contributed by atoms with Crippen molar-refractivity contribution < 1.29 is 9.90 Å². The third kappa shape index (κ3) is 29.2. The van der Waals surface area contributed by atoms with Crippen molar-refractivity contribution in [2.45, 2.75) is 174 Å². The van der Waals surface area contributed by atoms with Crippen LogP contribution in [0.4, 0.5) is 0 Å². The molecule has 0 unspecified atom stereocenters. The number of carbonyl (C=O) groups is 1. The van der Waals surface area contributed by atoms with Crippen molar-refractivity contribution in [2.75, 3.05) is 0 Å². The highest BCUT2D eigenvalue weighted by molar-refractivity contribution is 5.66. The van der Waals surface area contributed by atoms with E-state index in [9.17, 15) is 4.79 Å². The van der Waals surface area contributed by atoms with E-state index in [4.69, 9.17) is 5.11 Å². The first-order valence-corrected chi connectivity index (χ1v) is 14.6. The smallest absolute Gasteiger partial charge is 0.303 e. The lowest BCUT2D eigenvalue weighted by atomic mass is 10.0. The van der Waals surface area contributed by atoms with E-state index < -0.39 is 5.97 Å². The average Bonchev–Trinajstić information content (AvgIpc) is 2.78. The molecule has 0 aromatic rings. The Balaban J connectivity index is 3.08. The number of rotatable bonds is 27. The maximum Gasteiger partial charge on any atom is 0.303 e. The Labute approximate surface area is 202 Å². The van der Waals surface area contributed by atoms with Crippen molar-refractivity contribution in [2.24, 2.45) is 0 Å². The zero-order valence-electron chi connectivity index (χ0n) is 21.9. The summed E-state index contributed by atoms with van der Waals surface area (Å²) in [7, 11) is 0. The first kappa shape index (κ1) is 31.2. The van der Waals surface area contributed by atoms with Gasteiger partial charge in [-0.1, -0.05) is 147 Å². The molecule has 0 amide bonds. The second-order valence-electron chi connectivity index (χ2n) is 9.97. The zero-order valence-corrected chi connectivity index (χ0v) is 21.9. The molecular formula is C30H58O2. The molecule has 0 aliphatic heterocycles. The van der Waals surface area contributed by atoms with E-state index in [0.29, 0.717) is 6.42 Å². The fourth-order valence-electron chi connectivity index (χ4n) is 4.47. The molecule has 0 aromatic heterocycles. The Morgan fingerprint density at radius 1 is 0.469 bits per heavy atom. The average molecular weight is 451 g/mol. The summed E-state index contributed by atoms with van der Waals surface area (Å²) >= 11 is 0. The van der Waals surface area contributed by atoms with Crippen LogP contribution in [0.5, 0.6) is 0 Å². The van der Waals surface area contributed by atoms with Gasteiger partial charge in [0.1, 0.15) is 0 Å². The van der Waals surface area contributed by atoms with Crippen molar-refractivity contribution in [1.29, 1.82) is 0 Å². The summed E-state index contributed by atoms with van der Waals surface area (Å²) in [5.74, 6) is -0.652. The van der Waals surface area contributed by atoms with Crippen molar-refractivity contribution in [3.05, 3.63) is 12.2 Å². The van der Waals surface area contributed by atoms with Gasteiger partial charge in [0.25, 0.3) is 0 Å². The van der Waals surface area contributed by atoms with Crippen LogP contribution >= 0.6 is 0 Å². The van der Waals surface area contributed by atoms with E-state index in [1.807, 2.05) is 0 Å². The highest BCUT2D eigenvalue weighted by Gasteiger charge is 1.97. The van der Waals surface area contributed by atoms with Gasteiger partial charge in [0.05, 0.1) is 0 Å². The summed E-state index contributed by atoms with van der Waals surface area (Å²) < 4.78 is 0. The van der Waals surface area contributed by atoms with Crippen LogP contribution in [0.25, 0.3) is 0 Å². The Kier molecular flexibility index (Phi) is 27.5. The molecular weight excluding hydrogens is 392 g/mol. The minimum absolute atomic E-state index is 0.342. The normalized spacial score (nSPS) is 11.5. The van der Waals surface area contributed by atoms with Crippen LogP contribution in [-0.4, -0.2) is 11.1 Å². The highest BCUT2D eigenvalue weighted by atomic mass is 16.4. The lowest BCUT2D eigenvalue weighted by molar-refractivity contribution is -0.137. The molecule has 2 heteroatoms. The molecule has 0 bridgehead atoms. The number of hydrogen-bond acceptors (Lipinski definition) is 1. The third-order valence-corrected chi connectivity index (χ3v) is 6.65. The van der Waals surface area contributed by atoms with Gasteiger partial charge in [0, 0.05) is 6.42 Å². The molecule has 32 heavy (non-hydrogen) atoms. The molecule has 2 nitrogen and oxygen atoms in total. The molecule has 0 radical (unpaired) electrons. The van der Waals surface area contributed by atoms with Gasteiger partial charge in [0.15, 0.2) is 0 Å². The fraction of sp³-hybridized carbons (Fsp3) is 0.900. The van der Waals surface area contributed by atoms with Crippen molar-refractivity contribution >= 4 is 5.97 Å². The van der Waals surface area contributed by atoms with Crippen molar-refractivity contribution in [1.82, 2.24) is 0 Å². The van der Waals surface area contributed by atoms with Gasteiger partial charge in [-0.25, -0.2) is 0 Å². The van der Waals surface area contributed by atoms with Crippen molar-refractivity contribution in [3.63, 3.8) is 0 Å². The maximum atomic E-state index is 10.4. The molecule has 0 saturated heterocycles. The Bertz CT molecular complexity index is 388. The topological polar surface area (TPSA) is 37.3 Å². The molecule has 0 aromatic carbocycles. The molecule has 0 rings (SSSR count). The van der Waals surface area contributed by atoms with Gasteiger partial charge in [-0.05, 0) is 32.1 Å². The number of aliphatic carboxylic acids is 1. The standard InChI is InChI=1S/C30H58O2/c1-2-3-4-5-6-7-8-9-10-11-12-13-14-15-16-17-18-19-20-21-22-23-24-25-26-27-28-29-30(31)32/h14-15H,2-13,16-29H2,1H3,(H,31,32). The molecule has 190 valence electrons. The molecule has 0 fully saturated rings. The summed E-state index contributed by atoms with van der Waals surface area (Å²) in [6.45, 7) is 2.29. The van der Waals surface area contributed by atoms with Crippen LogP contribution in [0.2, 0.25) is 0 Å². The molecule has 0 atom stereocenters. The van der Waals surface area contributed by atoms with E-state index in [0.717, 1.165) is 12.8 Å². The Morgan fingerprint density at radius 3 is 1.06 bits per heavy atom. The monoisotopic (exact) mass is 450 g/mol. The van der Waals surface area contributed by atoms with E-state index >= 15 is 0 Å². The summed E-state index contributed by atoms with van der Waals surface area (Å²) in [5.41, 5.74) is 0. The maximum absolute atomic E-state index is 10.4. The molecule has 0 aliphatic carbocycles. The van der Waals surface area contributed by atoms with E-state index in [-0.39, 0.29) is 0 Å². The van der Waals surface area contributed by atoms with Gasteiger partial charge in [-0.3, -0.25) is 4.79 Å². The van der Waals surface area contributed by atoms with Crippen LogP contribution in [0.1, 0.15) is 174 Å². The second-order valence-corrected chi connectivity index (χ2v) is 9.97. The van der Waals surface area contributed by atoms with E-state index in [1.54, 1.807) is 0 Å². The molecule has 0 aliphatic rings. The molecule has 0 spiro atoms. The van der Waals surface area contributed by atoms with Crippen molar-refractivity contribution in [3.8, 4) is 0 Å². The molecule has 0 saturated carbocycles. The number of allylic oxidation sites excluding steroid dienone is 2. The van der Waals surface area contributed by atoms with E-state index in [1.165, 1.54) is 148 Å². The SMILES string of the molecule is CCCCCCCCCCCCCC=CCCCCCCCCCCCCCCC(=O)O. The summed E-state index contributed by atoms with van der Waals surface area (Å²) in [5, 5.41) is 8.60. The summed E-state index contributed by atoms with van der Waals surface area (Å²) in [6.07, 6.45) is 39.0. The Morgan fingerprint density at radius 2 is 0.750 bits per heavy atom. The summed E-state index contributed by atoms with van der Waals surface area (Å²) in [6, 6.07) is 0. The van der Waals surface area contributed by atoms with Crippen LogP contribution in [0.3, 0.4) is 0 Å². The lowest BCUT2D eigenvalue weighted by Gasteiger charge is -2.02. The van der Waals surface area contributed by atoms with Gasteiger partial charge in [0.2, 0.25) is 0 Å². The van der Waals surface area contributed by atoms with Crippen LogP contribution in [-0.2, 0) is 4.79 Å². The number of carboxylic acid groups (broad SMARTS) is 1. The number of hydrogen-bond donors (Lipinski definition) is 1. The quantitative estimate of drug-likeness (QED) is 0.0997. The van der Waals surface area contributed by atoms with Gasteiger partial charge >= 0.3 is 5.97 Å². The largest absolute Gasteiger partial charge is 0.481 e. The lowest BCUT2D eigenvalue weighted by Crippen LogP contribution is -1.93. The van der Waals surface area contributed by atoms with Crippen LogP contribution in [0, 0.1) is 0 Å². The van der Waals surface area contributed by atoms with Crippen LogP contribution < -0.4 is 0 Å². The van der Waals surface area contributed by atoms with Gasteiger partial charge in [-0.15, -0.1) is 0 Å². The first-order chi connectivity index (χ1) is 15.8. The fourth-order valence-corrected chi connectivity index (χ4v) is 4.47. The second kappa shape index (κ2) is 28.2. The van der Waals surface area contributed by atoms with Gasteiger partial charge < -0.3 is 5.11 Å². The minimum atomic E-state index is -0.652. The Hall–Kier alpha value is -0.790. The highest BCUT2D eigenvalue weighted by Crippen LogP contribution is 2.14. The third-order valence-electron chi connectivity index (χ3n) is 6.65. The molecule has 0 heterocycles. The number of carboxylic acids is 1. The number of unbranched alkanes of at least 4 members (excludes halogenated alkanes) is 23. The van der Waals surface area contributed by atoms with E-state index in [2.05, 4.69) is 19.1 Å². The minimum Gasteiger partial charge on any atom is -0.481 e. The summed E-state index contributed by atoms with van der Waals surface area (Å²) in [4.78, 5) is 10.4. The van der Waals surface area contributed by atoms with Gasteiger partial charge in [-0.2, -0.15) is 0 Å². The predicted octanol–water partition coefficient (Wildman–Crippen LogP) is 10.8. The van der Waals surface area contributed by atoms with Crippen LogP contribution in [0.15, 0.2) is 12.2 Å². The predicted molar refractivity (Wildman–Crippen MR) is 142 cm³/mol. The zero-order chi connectivity index (χ0) is 23.4.